The molecule has 1 N–H and O–H groups in total. The largest absolute Gasteiger partial charge is 0.497 e. The Morgan fingerprint density at radius 3 is 2.65 bits per heavy atom. The highest BCUT2D eigenvalue weighted by Gasteiger charge is 2.06. The molecule has 106 valence electrons. The van der Waals surface area contributed by atoms with Crippen LogP contribution in [0.4, 0.5) is 0 Å². The van der Waals surface area contributed by atoms with Gasteiger partial charge in [0.2, 0.25) is 5.88 Å². The van der Waals surface area contributed by atoms with Gasteiger partial charge in [0.15, 0.2) is 0 Å². The van der Waals surface area contributed by atoms with Gasteiger partial charge in [-0.25, -0.2) is 4.98 Å². The number of methoxy groups -OCH3 is 2. The van der Waals surface area contributed by atoms with E-state index in [-0.39, 0.29) is 13.2 Å². The normalized spacial score (nSPS) is 10.2. The first-order valence-corrected chi connectivity index (χ1v) is 6.17. The van der Waals surface area contributed by atoms with Gasteiger partial charge in [0, 0.05) is 17.7 Å². The molecule has 1 heterocycles. The van der Waals surface area contributed by atoms with E-state index in [4.69, 9.17) is 14.2 Å². The second-order valence-electron chi connectivity index (χ2n) is 4.09. The number of ether oxygens (including phenoxy) is 3. The van der Waals surface area contributed by atoms with Gasteiger partial charge in [0.05, 0.1) is 26.5 Å². The molecule has 1 aromatic heterocycles. The predicted molar refractivity (Wildman–Crippen MR) is 74.0 cm³/mol. The van der Waals surface area contributed by atoms with Crippen molar-refractivity contribution in [2.75, 3.05) is 14.2 Å². The van der Waals surface area contributed by atoms with E-state index in [1.807, 2.05) is 12.1 Å². The minimum atomic E-state index is -0.0924. The Balaban J connectivity index is 2.12. The molecule has 0 unspecified atom stereocenters. The number of hydrogen-bond acceptors (Lipinski definition) is 5. The zero-order valence-electron chi connectivity index (χ0n) is 11.5. The summed E-state index contributed by atoms with van der Waals surface area (Å²) in [6.07, 6.45) is 0. The van der Waals surface area contributed by atoms with Crippen molar-refractivity contribution < 1.29 is 19.3 Å². The number of pyridine rings is 1. The monoisotopic (exact) mass is 275 g/mol. The van der Waals surface area contributed by atoms with E-state index in [1.54, 1.807) is 38.5 Å². The molecular weight excluding hydrogens is 258 g/mol. The summed E-state index contributed by atoms with van der Waals surface area (Å²) in [5.41, 5.74) is 1.45. The zero-order valence-corrected chi connectivity index (χ0v) is 11.5. The highest BCUT2D eigenvalue weighted by molar-refractivity contribution is 5.40. The molecule has 0 amide bonds. The van der Waals surface area contributed by atoms with Crippen molar-refractivity contribution in [1.29, 1.82) is 0 Å². The van der Waals surface area contributed by atoms with Crippen LogP contribution in [-0.4, -0.2) is 24.3 Å². The van der Waals surface area contributed by atoms with Crippen LogP contribution in [0.5, 0.6) is 17.4 Å². The molecule has 5 nitrogen and oxygen atoms in total. The summed E-state index contributed by atoms with van der Waals surface area (Å²) >= 11 is 0. The summed E-state index contributed by atoms with van der Waals surface area (Å²) in [7, 11) is 3.15. The molecule has 0 saturated carbocycles. The molecule has 20 heavy (non-hydrogen) atoms. The Labute approximate surface area is 117 Å². The predicted octanol–water partition coefficient (Wildman–Crippen LogP) is 2.17. The van der Waals surface area contributed by atoms with E-state index in [2.05, 4.69) is 4.98 Å². The van der Waals surface area contributed by atoms with E-state index < -0.39 is 0 Å². The minimum Gasteiger partial charge on any atom is -0.497 e. The van der Waals surface area contributed by atoms with Gasteiger partial charge in [-0.3, -0.25) is 0 Å². The molecule has 1 aromatic carbocycles. The molecule has 0 atom stereocenters. The molecule has 0 aliphatic rings. The van der Waals surface area contributed by atoms with Gasteiger partial charge in [-0.05, 0) is 18.2 Å². The number of benzene rings is 1. The molecule has 0 spiro atoms. The van der Waals surface area contributed by atoms with Crippen LogP contribution in [-0.2, 0) is 13.2 Å². The van der Waals surface area contributed by atoms with E-state index in [1.165, 1.54) is 0 Å². The van der Waals surface area contributed by atoms with E-state index in [9.17, 15) is 5.11 Å². The summed E-state index contributed by atoms with van der Waals surface area (Å²) in [5.74, 6) is 1.80. The second-order valence-corrected chi connectivity index (χ2v) is 4.09. The van der Waals surface area contributed by atoms with Crippen LogP contribution in [0.15, 0.2) is 36.4 Å². The molecule has 0 radical (unpaired) electrons. The maximum absolute atomic E-state index is 9.30. The first kappa shape index (κ1) is 14.1. The lowest BCUT2D eigenvalue weighted by Crippen LogP contribution is -2.02. The molecular formula is C15H17NO4. The zero-order chi connectivity index (χ0) is 14.4. The fraction of sp³-hybridized carbons (Fsp3) is 0.267. The van der Waals surface area contributed by atoms with Gasteiger partial charge in [0.25, 0.3) is 0 Å². The van der Waals surface area contributed by atoms with Gasteiger partial charge >= 0.3 is 0 Å². The number of hydrogen-bond donors (Lipinski definition) is 1. The Morgan fingerprint density at radius 1 is 1.10 bits per heavy atom. The van der Waals surface area contributed by atoms with Gasteiger partial charge in [-0.2, -0.15) is 0 Å². The molecule has 0 aliphatic heterocycles. The Bertz CT molecular complexity index is 572. The van der Waals surface area contributed by atoms with E-state index in [0.29, 0.717) is 22.9 Å². The van der Waals surface area contributed by atoms with Gasteiger partial charge in [-0.1, -0.05) is 6.07 Å². The van der Waals surface area contributed by atoms with E-state index >= 15 is 0 Å². The first-order chi connectivity index (χ1) is 9.76. The standard InChI is InChI=1S/C15H17NO4/c1-18-13-7-6-11(9-17)14(8-13)20-10-12-4-3-5-15(16-12)19-2/h3-8,17H,9-10H2,1-2H3. The molecule has 5 heteroatoms. The average Bonchev–Trinajstić information content (AvgIpc) is 2.52. The summed E-state index contributed by atoms with van der Waals surface area (Å²) in [6, 6.07) is 10.8. The summed E-state index contributed by atoms with van der Waals surface area (Å²) in [4.78, 5) is 4.26. The summed E-state index contributed by atoms with van der Waals surface area (Å²) in [6.45, 7) is 0.197. The smallest absolute Gasteiger partial charge is 0.213 e. The fourth-order valence-corrected chi connectivity index (χ4v) is 1.73. The number of aliphatic hydroxyl groups excluding tert-OH is 1. The minimum absolute atomic E-state index is 0.0924. The molecule has 0 aliphatic carbocycles. The van der Waals surface area contributed by atoms with Gasteiger partial charge in [-0.15, -0.1) is 0 Å². The molecule has 0 bridgehead atoms. The van der Waals surface area contributed by atoms with Crippen LogP contribution in [0.25, 0.3) is 0 Å². The van der Waals surface area contributed by atoms with E-state index in [0.717, 1.165) is 5.69 Å². The highest BCUT2D eigenvalue weighted by atomic mass is 16.5. The Hall–Kier alpha value is -2.27. The SMILES string of the molecule is COc1ccc(CO)c(OCc2cccc(OC)n2)c1. The summed E-state index contributed by atoms with van der Waals surface area (Å²) < 4.78 is 15.9. The van der Waals surface area contributed by atoms with Gasteiger partial charge in [0.1, 0.15) is 18.1 Å². The van der Waals surface area contributed by atoms with Crippen molar-refractivity contribution in [3.05, 3.63) is 47.7 Å². The van der Waals surface area contributed by atoms with Crippen molar-refractivity contribution in [2.45, 2.75) is 13.2 Å². The fourth-order valence-electron chi connectivity index (χ4n) is 1.73. The lowest BCUT2D eigenvalue weighted by atomic mass is 10.2. The second kappa shape index (κ2) is 6.77. The molecule has 2 rings (SSSR count). The van der Waals surface area contributed by atoms with Crippen LogP contribution in [0.1, 0.15) is 11.3 Å². The third-order valence-corrected chi connectivity index (χ3v) is 2.81. The van der Waals surface area contributed by atoms with Crippen LogP contribution in [0, 0.1) is 0 Å². The number of aliphatic hydroxyl groups is 1. The van der Waals surface area contributed by atoms with Crippen molar-refractivity contribution >= 4 is 0 Å². The Kier molecular flexibility index (Phi) is 4.79. The van der Waals surface area contributed by atoms with Crippen LogP contribution in [0.3, 0.4) is 0 Å². The molecule has 0 saturated heterocycles. The average molecular weight is 275 g/mol. The lowest BCUT2D eigenvalue weighted by Gasteiger charge is -2.11. The maximum Gasteiger partial charge on any atom is 0.213 e. The topological polar surface area (TPSA) is 60.8 Å². The molecule has 0 fully saturated rings. The number of rotatable bonds is 6. The summed E-state index contributed by atoms with van der Waals surface area (Å²) in [5, 5.41) is 9.30. The molecule has 2 aromatic rings. The number of aromatic nitrogens is 1. The maximum atomic E-state index is 9.30. The van der Waals surface area contributed by atoms with Crippen molar-refractivity contribution in [3.8, 4) is 17.4 Å². The quantitative estimate of drug-likeness (QED) is 0.875. The Morgan fingerprint density at radius 2 is 1.95 bits per heavy atom. The third kappa shape index (κ3) is 3.39. The number of nitrogens with zero attached hydrogens (tertiary/aromatic N) is 1. The van der Waals surface area contributed by atoms with Crippen LogP contribution >= 0.6 is 0 Å². The first-order valence-electron chi connectivity index (χ1n) is 6.17. The van der Waals surface area contributed by atoms with Crippen LogP contribution in [0.2, 0.25) is 0 Å². The van der Waals surface area contributed by atoms with Crippen molar-refractivity contribution in [3.63, 3.8) is 0 Å². The third-order valence-electron chi connectivity index (χ3n) is 2.81. The lowest BCUT2D eigenvalue weighted by molar-refractivity contribution is 0.255. The van der Waals surface area contributed by atoms with Crippen molar-refractivity contribution in [1.82, 2.24) is 4.98 Å². The van der Waals surface area contributed by atoms with Crippen molar-refractivity contribution in [2.24, 2.45) is 0 Å². The highest BCUT2D eigenvalue weighted by Crippen LogP contribution is 2.25. The van der Waals surface area contributed by atoms with Crippen LogP contribution < -0.4 is 14.2 Å². The van der Waals surface area contributed by atoms with Gasteiger partial charge < -0.3 is 19.3 Å².